The van der Waals surface area contributed by atoms with E-state index in [1.807, 2.05) is 39.8 Å². The molecule has 0 aromatic heterocycles. The number of allylic oxidation sites excluding steroid dienone is 6. The van der Waals surface area contributed by atoms with Gasteiger partial charge in [-0.3, -0.25) is 4.79 Å². The highest BCUT2D eigenvalue weighted by atomic mass is 16.1. The van der Waals surface area contributed by atoms with Crippen LogP contribution in [0.5, 0.6) is 0 Å². The van der Waals surface area contributed by atoms with Gasteiger partial charge in [-0.05, 0) is 27.7 Å². The van der Waals surface area contributed by atoms with E-state index in [-0.39, 0.29) is 17.6 Å². The minimum atomic E-state index is -0.219. The Hall–Kier alpha value is -1.37. The second-order valence-corrected chi connectivity index (χ2v) is 4.41. The molecule has 0 aliphatic carbocycles. The van der Waals surface area contributed by atoms with E-state index in [2.05, 4.69) is 13.2 Å². The minimum Gasteiger partial charge on any atom is -0.298 e. The molecular formula is C15H22O. The van der Waals surface area contributed by atoms with Gasteiger partial charge in [0.25, 0.3) is 0 Å². The van der Waals surface area contributed by atoms with Crippen LogP contribution in [-0.4, -0.2) is 5.78 Å². The summed E-state index contributed by atoms with van der Waals surface area (Å²) in [5.41, 5.74) is 2.25. The lowest BCUT2D eigenvalue weighted by atomic mass is 9.90. The maximum absolute atomic E-state index is 12.1. The first kappa shape index (κ1) is 14.6. The highest BCUT2D eigenvalue weighted by Gasteiger charge is 2.18. The lowest BCUT2D eigenvalue weighted by Gasteiger charge is -2.12. The molecule has 88 valence electrons. The largest absolute Gasteiger partial charge is 0.298 e. The highest BCUT2D eigenvalue weighted by Crippen LogP contribution is 2.16. The van der Waals surface area contributed by atoms with Crippen molar-refractivity contribution in [2.75, 3.05) is 0 Å². The van der Waals surface area contributed by atoms with E-state index in [0.29, 0.717) is 0 Å². The summed E-state index contributed by atoms with van der Waals surface area (Å²) in [5, 5.41) is 0. The third kappa shape index (κ3) is 4.92. The maximum Gasteiger partial charge on any atom is 0.154 e. The van der Waals surface area contributed by atoms with E-state index in [4.69, 9.17) is 0 Å². The number of hydrogen-bond donors (Lipinski definition) is 0. The molecule has 1 nitrogen and oxygen atoms in total. The monoisotopic (exact) mass is 218 g/mol. The fourth-order valence-corrected chi connectivity index (χ4v) is 1.47. The lowest BCUT2D eigenvalue weighted by molar-refractivity contribution is -0.121. The summed E-state index contributed by atoms with van der Waals surface area (Å²) in [7, 11) is 0. The first-order valence-electron chi connectivity index (χ1n) is 5.51. The minimum absolute atomic E-state index is 0.132. The molecule has 0 spiro atoms. The quantitative estimate of drug-likeness (QED) is 0.614. The molecule has 0 fully saturated rings. The van der Waals surface area contributed by atoms with Crippen molar-refractivity contribution in [3.05, 3.63) is 48.6 Å². The molecule has 0 amide bonds. The Balaban J connectivity index is 4.99. The molecule has 0 radical (unpaired) electrons. The van der Waals surface area contributed by atoms with Crippen LogP contribution in [0, 0.1) is 11.8 Å². The predicted octanol–water partition coefficient (Wildman–Crippen LogP) is 4.09. The van der Waals surface area contributed by atoms with Crippen LogP contribution in [0.3, 0.4) is 0 Å². The smallest absolute Gasteiger partial charge is 0.154 e. The number of Topliss-reactive ketones (excluding diaryl/α,β-unsaturated/α-hetero) is 1. The molecule has 0 saturated heterocycles. The molecule has 2 unspecified atom stereocenters. The molecule has 1 heteroatoms. The van der Waals surface area contributed by atoms with Gasteiger partial charge in [0.1, 0.15) is 0 Å². The fourth-order valence-electron chi connectivity index (χ4n) is 1.47. The highest BCUT2D eigenvalue weighted by molar-refractivity contribution is 5.89. The number of rotatable bonds is 6. The fraction of sp³-hybridized carbons (Fsp3) is 0.400. The van der Waals surface area contributed by atoms with Crippen LogP contribution >= 0.6 is 0 Å². The van der Waals surface area contributed by atoms with Gasteiger partial charge in [0.05, 0.1) is 11.8 Å². The van der Waals surface area contributed by atoms with Crippen molar-refractivity contribution in [3.8, 4) is 0 Å². The van der Waals surface area contributed by atoms with E-state index < -0.39 is 0 Å². The van der Waals surface area contributed by atoms with Gasteiger partial charge >= 0.3 is 0 Å². The molecule has 0 aliphatic heterocycles. The first-order chi connectivity index (χ1) is 7.42. The summed E-state index contributed by atoms with van der Waals surface area (Å²) < 4.78 is 0. The summed E-state index contributed by atoms with van der Waals surface area (Å²) in [5.74, 6) is -0.306. The third-order valence-electron chi connectivity index (χ3n) is 2.19. The van der Waals surface area contributed by atoms with E-state index in [1.54, 1.807) is 12.2 Å². The molecule has 0 aliphatic rings. The van der Waals surface area contributed by atoms with Crippen molar-refractivity contribution < 1.29 is 4.79 Å². The Labute approximate surface area is 99.3 Å². The van der Waals surface area contributed by atoms with Gasteiger partial charge in [0, 0.05) is 0 Å². The van der Waals surface area contributed by atoms with Crippen molar-refractivity contribution in [1.82, 2.24) is 0 Å². The normalized spacial score (nSPS) is 13.2. The maximum atomic E-state index is 12.1. The van der Waals surface area contributed by atoms with Gasteiger partial charge in [0.15, 0.2) is 5.78 Å². The molecule has 2 atom stereocenters. The Bertz CT molecular complexity index is 291. The van der Waals surface area contributed by atoms with Gasteiger partial charge in [-0.2, -0.15) is 0 Å². The predicted molar refractivity (Wildman–Crippen MR) is 71.2 cm³/mol. The first-order valence-corrected chi connectivity index (χ1v) is 5.51. The number of ketones is 1. The molecule has 16 heavy (non-hydrogen) atoms. The zero-order valence-electron chi connectivity index (χ0n) is 10.8. The average Bonchev–Trinajstić information content (AvgIpc) is 2.20. The molecular weight excluding hydrogens is 196 g/mol. The Morgan fingerprint density at radius 1 is 0.875 bits per heavy atom. The summed E-state index contributed by atoms with van der Waals surface area (Å²) >= 11 is 0. The molecule has 0 saturated carbocycles. The van der Waals surface area contributed by atoms with Crippen molar-refractivity contribution in [3.63, 3.8) is 0 Å². The summed E-state index contributed by atoms with van der Waals surface area (Å²) in [4.78, 5) is 12.1. The molecule has 0 heterocycles. The second kappa shape index (κ2) is 7.00. The summed E-state index contributed by atoms with van der Waals surface area (Å²) in [6.07, 6.45) is 7.24. The van der Waals surface area contributed by atoms with E-state index in [1.165, 1.54) is 0 Å². The van der Waals surface area contributed by atoms with E-state index >= 15 is 0 Å². The van der Waals surface area contributed by atoms with Gasteiger partial charge in [0.2, 0.25) is 0 Å². The third-order valence-corrected chi connectivity index (χ3v) is 2.19. The average molecular weight is 218 g/mol. The molecule has 0 aromatic rings. The zero-order chi connectivity index (χ0) is 12.7. The number of carbonyl (C=O) groups is 1. The van der Waals surface area contributed by atoms with E-state index in [0.717, 1.165) is 11.1 Å². The van der Waals surface area contributed by atoms with Crippen molar-refractivity contribution in [2.24, 2.45) is 11.8 Å². The standard InChI is InChI=1S/C15H22O/c1-7-13(9-11(3)4)15(16)14(8-2)10-12(5)6/h7-10,13-14H,1-2H2,3-6H3. The van der Waals surface area contributed by atoms with Gasteiger partial charge in [-0.1, -0.05) is 35.5 Å². The van der Waals surface area contributed by atoms with Crippen LogP contribution in [0.15, 0.2) is 48.6 Å². The van der Waals surface area contributed by atoms with Gasteiger partial charge in [-0.15, -0.1) is 13.2 Å². The Morgan fingerprint density at radius 3 is 1.38 bits per heavy atom. The Kier molecular flexibility index (Phi) is 6.40. The molecule has 0 bridgehead atoms. The van der Waals surface area contributed by atoms with Gasteiger partial charge < -0.3 is 0 Å². The number of carbonyl (C=O) groups excluding carboxylic acids is 1. The van der Waals surface area contributed by atoms with Crippen LogP contribution in [0.2, 0.25) is 0 Å². The van der Waals surface area contributed by atoms with Crippen LogP contribution in [0.1, 0.15) is 27.7 Å². The van der Waals surface area contributed by atoms with Crippen molar-refractivity contribution >= 4 is 5.78 Å². The van der Waals surface area contributed by atoms with Gasteiger partial charge in [-0.25, -0.2) is 0 Å². The molecule has 0 aromatic carbocycles. The molecule has 0 rings (SSSR count). The van der Waals surface area contributed by atoms with Crippen LogP contribution in [0.25, 0.3) is 0 Å². The second-order valence-electron chi connectivity index (χ2n) is 4.41. The zero-order valence-corrected chi connectivity index (χ0v) is 10.8. The van der Waals surface area contributed by atoms with E-state index in [9.17, 15) is 4.79 Å². The Morgan fingerprint density at radius 2 is 1.19 bits per heavy atom. The molecule has 0 N–H and O–H groups in total. The summed E-state index contributed by atoms with van der Waals surface area (Å²) in [6.45, 7) is 15.3. The SMILES string of the molecule is C=CC(C=C(C)C)C(=O)C(C=C)C=C(C)C. The summed E-state index contributed by atoms with van der Waals surface area (Å²) in [6, 6.07) is 0. The van der Waals surface area contributed by atoms with Crippen LogP contribution in [0.4, 0.5) is 0 Å². The van der Waals surface area contributed by atoms with Crippen molar-refractivity contribution in [2.45, 2.75) is 27.7 Å². The van der Waals surface area contributed by atoms with Crippen LogP contribution in [-0.2, 0) is 4.79 Å². The lowest BCUT2D eigenvalue weighted by Crippen LogP contribution is -2.18. The van der Waals surface area contributed by atoms with Crippen molar-refractivity contribution in [1.29, 1.82) is 0 Å². The van der Waals surface area contributed by atoms with Crippen LogP contribution < -0.4 is 0 Å². The number of hydrogen-bond acceptors (Lipinski definition) is 1. The topological polar surface area (TPSA) is 17.1 Å².